The maximum absolute atomic E-state index is 10.7. The quantitative estimate of drug-likeness (QED) is 0.594. The van der Waals surface area contributed by atoms with Crippen LogP contribution in [-0.4, -0.2) is 59.5 Å². The Hall–Kier alpha value is -0.290. The fourth-order valence-corrected chi connectivity index (χ4v) is 2.37. The summed E-state index contributed by atoms with van der Waals surface area (Å²) < 4.78 is 44.9. The van der Waals surface area contributed by atoms with Crippen molar-refractivity contribution in [1.29, 1.82) is 0 Å². The Morgan fingerprint density at radius 1 is 1.16 bits per heavy atom. The van der Waals surface area contributed by atoms with Crippen LogP contribution in [0.5, 0.6) is 0 Å². The summed E-state index contributed by atoms with van der Waals surface area (Å²) in [6.45, 7) is 6.49. The van der Waals surface area contributed by atoms with E-state index in [2.05, 4.69) is 4.18 Å². The van der Waals surface area contributed by atoms with Crippen molar-refractivity contribution in [3.05, 3.63) is 0 Å². The van der Waals surface area contributed by atoms with Crippen LogP contribution >= 0.6 is 0 Å². The Kier molecular flexibility index (Phi) is 4.94. The predicted octanol–water partition coefficient (Wildman–Crippen LogP) is -0.544. The summed E-state index contributed by atoms with van der Waals surface area (Å²) in [5, 5.41) is 19.7. The summed E-state index contributed by atoms with van der Waals surface area (Å²) in [6.07, 6.45) is -6.40. The van der Waals surface area contributed by atoms with Crippen LogP contribution in [0.15, 0.2) is 0 Å². The highest BCUT2D eigenvalue weighted by atomic mass is 32.3. The third-order valence-electron chi connectivity index (χ3n) is 2.49. The van der Waals surface area contributed by atoms with Crippen molar-refractivity contribution < 1.29 is 36.8 Å². The first-order valence-electron chi connectivity index (χ1n) is 5.76. The zero-order valence-electron chi connectivity index (χ0n) is 11.2. The molecule has 1 aliphatic heterocycles. The molecule has 0 spiro atoms. The maximum atomic E-state index is 10.7. The summed E-state index contributed by atoms with van der Waals surface area (Å²) in [7, 11) is -4.75. The molecule has 8 nitrogen and oxygen atoms in total. The van der Waals surface area contributed by atoms with Gasteiger partial charge in [-0.3, -0.25) is 4.55 Å². The van der Waals surface area contributed by atoms with Crippen molar-refractivity contribution >= 4 is 10.4 Å². The van der Waals surface area contributed by atoms with Gasteiger partial charge in [-0.2, -0.15) is 8.42 Å². The molecule has 1 fully saturated rings. The van der Waals surface area contributed by atoms with Crippen LogP contribution in [0.3, 0.4) is 0 Å². The van der Waals surface area contributed by atoms with E-state index in [-0.39, 0.29) is 0 Å². The van der Waals surface area contributed by atoms with Gasteiger partial charge in [-0.25, -0.2) is 4.18 Å². The molecule has 114 valence electrons. The third kappa shape index (κ3) is 4.95. The fraction of sp³-hybridized carbons (Fsp3) is 1.00. The molecule has 0 saturated carbocycles. The summed E-state index contributed by atoms with van der Waals surface area (Å²) in [5.41, 5.74) is -0.695. The molecule has 5 atom stereocenters. The largest absolute Gasteiger partial charge is 0.397 e. The molecular formula is C10H20O8S. The molecule has 0 aliphatic carbocycles. The second-order valence-corrected chi connectivity index (χ2v) is 6.45. The van der Waals surface area contributed by atoms with E-state index in [1.54, 1.807) is 20.8 Å². The first kappa shape index (κ1) is 16.8. The minimum atomic E-state index is -4.75. The van der Waals surface area contributed by atoms with Gasteiger partial charge in [0.2, 0.25) is 0 Å². The molecule has 3 N–H and O–H groups in total. The van der Waals surface area contributed by atoms with Crippen LogP contribution in [0.25, 0.3) is 0 Å². The summed E-state index contributed by atoms with van der Waals surface area (Å²) >= 11 is 0. The molecule has 2 unspecified atom stereocenters. The molecule has 0 amide bonds. The van der Waals surface area contributed by atoms with Crippen molar-refractivity contribution in [3.8, 4) is 0 Å². The van der Waals surface area contributed by atoms with Crippen molar-refractivity contribution in [3.63, 3.8) is 0 Å². The maximum Gasteiger partial charge on any atom is 0.397 e. The lowest BCUT2D eigenvalue weighted by atomic mass is 9.99. The molecule has 19 heavy (non-hydrogen) atoms. The van der Waals surface area contributed by atoms with E-state index in [9.17, 15) is 18.6 Å². The topological polar surface area (TPSA) is 123 Å². The van der Waals surface area contributed by atoms with Crippen LogP contribution in [0.1, 0.15) is 27.7 Å². The summed E-state index contributed by atoms with van der Waals surface area (Å²) in [4.78, 5) is 0. The van der Waals surface area contributed by atoms with Gasteiger partial charge in [-0.05, 0) is 27.7 Å². The van der Waals surface area contributed by atoms with E-state index in [4.69, 9.17) is 14.0 Å². The fourth-order valence-electron chi connectivity index (χ4n) is 1.82. The highest BCUT2D eigenvalue weighted by Gasteiger charge is 2.47. The molecule has 1 heterocycles. The van der Waals surface area contributed by atoms with Gasteiger partial charge in [0, 0.05) is 0 Å². The molecule has 1 aliphatic rings. The van der Waals surface area contributed by atoms with Crippen molar-refractivity contribution in [1.82, 2.24) is 0 Å². The Morgan fingerprint density at radius 3 is 2.11 bits per heavy atom. The van der Waals surface area contributed by atoms with Gasteiger partial charge in [0.1, 0.15) is 18.3 Å². The standard InChI is InChI=1S/C10H20O8S/c1-5-7(18-19(13,14)15)6(11)8(9(12)16-5)17-10(2,3)4/h5-9,11-12H,1-4H3,(H,13,14,15)/t5-,6-,7?,8+,9?/m0/s1. The second-order valence-electron chi connectivity index (χ2n) is 5.41. The summed E-state index contributed by atoms with van der Waals surface area (Å²) in [5.74, 6) is 0. The average Bonchev–Trinajstić information content (AvgIpc) is 2.16. The van der Waals surface area contributed by atoms with E-state index < -0.39 is 46.7 Å². The lowest BCUT2D eigenvalue weighted by Gasteiger charge is -2.42. The first-order valence-corrected chi connectivity index (χ1v) is 7.12. The van der Waals surface area contributed by atoms with Crippen LogP contribution in [-0.2, 0) is 24.1 Å². The highest BCUT2D eigenvalue weighted by molar-refractivity contribution is 7.80. The molecular weight excluding hydrogens is 280 g/mol. The lowest BCUT2D eigenvalue weighted by Crippen LogP contribution is -2.60. The molecule has 9 heteroatoms. The molecule has 0 bridgehead atoms. The monoisotopic (exact) mass is 300 g/mol. The molecule has 0 radical (unpaired) electrons. The zero-order valence-corrected chi connectivity index (χ0v) is 12.0. The minimum absolute atomic E-state index is 0.695. The smallest absolute Gasteiger partial charge is 0.387 e. The highest BCUT2D eigenvalue weighted by Crippen LogP contribution is 2.28. The number of ether oxygens (including phenoxy) is 2. The molecule has 1 saturated heterocycles. The predicted molar refractivity (Wildman–Crippen MR) is 63.6 cm³/mol. The van der Waals surface area contributed by atoms with Crippen LogP contribution in [0, 0.1) is 0 Å². The number of hydrogen-bond donors (Lipinski definition) is 3. The first-order chi connectivity index (χ1) is 8.41. The zero-order chi connectivity index (χ0) is 15.0. The van der Waals surface area contributed by atoms with Crippen LogP contribution < -0.4 is 0 Å². The van der Waals surface area contributed by atoms with E-state index in [0.29, 0.717) is 0 Å². The van der Waals surface area contributed by atoms with Crippen LogP contribution in [0.2, 0.25) is 0 Å². The SMILES string of the molecule is C[C@@H]1OC(O)[C@H](OC(C)(C)C)[C@@H](O)C1OS(=O)(=O)O. The van der Waals surface area contributed by atoms with Crippen molar-refractivity contribution in [2.45, 2.75) is 64.0 Å². The van der Waals surface area contributed by atoms with Gasteiger partial charge in [-0.15, -0.1) is 0 Å². The van der Waals surface area contributed by atoms with E-state index in [0.717, 1.165) is 0 Å². The lowest BCUT2D eigenvalue weighted by molar-refractivity contribution is -0.300. The minimum Gasteiger partial charge on any atom is -0.387 e. The number of rotatable bonds is 3. The van der Waals surface area contributed by atoms with Gasteiger partial charge < -0.3 is 19.7 Å². The normalized spacial score (nSPS) is 37.3. The number of hydrogen-bond acceptors (Lipinski definition) is 7. The van der Waals surface area contributed by atoms with Crippen LogP contribution in [0.4, 0.5) is 0 Å². The van der Waals surface area contributed by atoms with Crippen molar-refractivity contribution in [2.24, 2.45) is 0 Å². The Balaban J connectivity index is 2.89. The number of aliphatic hydroxyl groups is 2. The third-order valence-corrected chi connectivity index (χ3v) is 2.96. The van der Waals surface area contributed by atoms with Gasteiger partial charge in [0.15, 0.2) is 6.29 Å². The van der Waals surface area contributed by atoms with Gasteiger partial charge in [-0.1, -0.05) is 0 Å². The number of aliphatic hydroxyl groups excluding tert-OH is 2. The van der Waals surface area contributed by atoms with Crippen molar-refractivity contribution in [2.75, 3.05) is 0 Å². The van der Waals surface area contributed by atoms with Gasteiger partial charge in [0.05, 0.1) is 11.7 Å². The average molecular weight is 300 g/mol. The molecule has 1 rings (SSSR count). The van der Waals surface area contributed by atoms with Gasteiger partial charge >= 0.3 is 10.4 Å². The second kappa shape index (κ2) is 5.60. The Labute approximate surface area is 112 Å². The van der Waals surface area contributed by atoms with E-state index in [1.165, 1.54) is 6.92 Å². The molecule has 0 aromatic heterocycles. The van der Waals surface area contributed by atoms with E-state index in [1.807, 2.05) is 0 Å². The summed E-state index contributed by atoms with van der Waals surface area (Å²) in [6, 6.07) is 0. The van der Waals surface area contributed by atoms with Gasteiger partial charge in [0.25, 0.3) is 0 Å². The Morgan fingerprint density at radius 2 is 1.68 bits per heavy atom. The Bertz CT molecular complexity index is 400. The van der Waals surface area contributed by atoms with E-state index >= 15 is 0 Å². The molecule has 0 aromatic rings. The molecule has 0 aromatic carbocycles.